The third kappa shape index (κ3) is 2.42. The molecule has 3 rings (SSSR count). The number of rotatable bonds is 3. The molecule has 4 heteroatoms. The molecule has 1 aromatic rings. The molecule has 2 nitrogen and oxygen atoms in total. The highest BCUT2D eigenvalue weighted by atomic mass is 32.2. The van der Waals surface area contributed by atoms with Crippen LogP contribution in [0, 0.1) is 5.82 Å². The summed E-state index contributed by atoms with van der Waals surface area (Å²) in [5, 5.41) is 3.64. The summed E-state index contributed by atoms with van der Waals surface area (Å²) in [5.41, 5.74) is 1.13. The van der Waals surface area contributed by atoms with Crippen LogP contribution in [0.1, 0.15) is 30.9 Å². The highest BCUT2D eigenvalue weighted by molar-refractivity contribution is 7.99. The zero-order chi connectivity index (χ0) is 12.5. The number of ether oxygens (including phenoxy) is 1. The van der Waals surface area contributed by atoms with Gasteiger partial charge >= 0.3 is 0 Å². The van der Waals surface area contributed by atoms with Gasteiger partial charge < -0.3 is 10.1 Å². The molecule has 0 spiro atoms. The standard InChI is InChI=1S/C14H18FNOS/c1-17-11-7-10(8-11)16-13-4-5-18-14-3-2-9(15)6-12(13)14/h2-3,6,10-11,13,16H,4-5,7-8H2,1H3. The van der Waals surface area contributed by atoms with E-state index in [2.05, 4.69) is 5.32 Å². The van der Waals surface area contributed by atoms with Crippen molar-refractivity contribution in [2.24, 2.45) is 0 Å². The van der Waals surface area contributed by atoms with Crippen molar-refractivity contribution in [1.29, 1.82) is 0 Å². The molecule has 1 saturated carbocycles. The molecule has 1 atom stereocenters. The fourth-order valence-corrected chi connectivity index (χ4v) is 3.82. The van der Waals surface area contributed by atoms with Crippen LogP contribution in [0.3, 0.4) is 0 Å². The maximum atomic E-state index is 13.4. The van der Waals surface area contributed by atoms with Crippen LogP contribution in [0.4, 0.5) is 4.39 Å². The van der Waals surface area contributed by atoms with Crippen molar-refractivity contribution in [1.82, 2.24) is 5.32 Å². The van der Waals surface area contributed by atoms with Crippen LogP contribution in [-0.2, 0) is 4.74 Å². The lowest BCUT2D eigenvalue weighted by molar-refractivity contribution is 0.0138. The minimum atomic E-state index is -0.133. The lowest BCUT2D eigenvalue weighted by Crippen LogP contribution is -2.46. The summed E-state index contributed by atoms with van der Waals surface area (Å²) in [6, 6.07) is 5.98. The van der Waals surface area contributed by atoms with Gasteiger partial charge in [-0.25, -0.2) is 4.39 Å². The summed E-state index contributed by atoms with van der Waals surface area (Å²) in [6.07, 6.45) is 3.64. The Bertz CT molecular complexity index is 434. The minimum Gasteiger partial charge on any atom is -0.381 e. The fourth-order valence-electron chi connectivity index (χ4n) is 2.72. The van der Waals surface area contributed by atoms with Crippen LogP contribution in [0.25, 0.3) is 0 Å². The van der Waals surface area contributed by atoms with Gasteiger partial charge in [-0.1, -0.05) is 0 Å². The molecule has 2 aliphatic rings. The van der Waals surface area contributed by atoms with Crippen molar-refractivity contribution in [3.63, 3.8) is 0 Å². The predicted molar refractivity (Wildman–Crippen MR) is 71.4 cm³/mol. The van der Waals surface area contributed by atoms with E-state index >= 15 is 0 Å². The molecule has 0 saturated heterocycles. The van der Waals surface area contributed by atoms with Crippen LogP contribution in [0.2, 0.25) is 0 Å². The van der Waals surface area contributed by atoms with Crippen molar-refractivity contribution >= 4 is 11.8 Å². The second-order valence-electron chi connectivity index (χ2n) is 5.06. The van der Waals surface area contributed by atoms with E-state index in [1.807, 2.05) is 17.8 Å². The third-order valence-corrected chi connectivity index (χ3v) is 5.00. The molecular formula is C14H18FNOS. The molecule has 1 fully saturated rings. The number of hydrogen-bond acceptors (Lipinski definition) is 3. The lowest BCUT2D eigenvalue weighted by atomic mass is 9.87. The van der Waals surface area contributed by atoms with Crippen LogP contribution in [0.15, 0.2) is 23.1 Å². The van der Waals surface area contributed by atoms with E-state index in [1.165, 1.54) is 4.90 Å². The monoisotopic (exact) mass is 267 g/mol. The van der Waals surface area contributed by atoms with E-state index in [-0.39, 0.29) is 5.82 Å². The molecule has 0 bridgehead atoms. The molecule has 18 heavy (non-hydrogen) atoms. The van der Waals surface area contributed by atoms with Gasteiger partial charge in [0, 0.05) is 24.1 Å². The lowest BCUT2D eigenvalue weighted by Gasteiger charge is -2.39. The Morgan fingerprint density at radius 1 is 1.39 bits per heavy atom. The molecule has 0 radical (unpaired) electrons. The van der Waals surface area contributed by atoms with Gasteiger partial charge in [-0.05, 0) is 48.8 Å². The maximum absolute atomic E-state index is 13.4. The first kappa shape index (κ1) is 12.5. The number of hydrogen-bond donors (Lipinski definition) is 1. The quantitative estimate of drug-likeness (QED) is 0.909. The number of nitrogens with one attached hydrogen (secondary N) is 1. The summed E-state index contributed by atoms with van der Waals surface area (Å²) in [5.74, 6) is 0.975. The number of fused-ring (bicyclic) bond motifs is 1. The average molecular weight is 267 g/mol. The molecule has 98 valence electrons. The Kier molecular flexibility index (Phi) is 3.59. The van der Waals surface area contributed by atoms with Crippen LogP contribution < -0.4 is 5.32 Å². The Morgan fingerprint density at radius 3 is 3.00 bits per heavy atom. The third-order valence-electron chi connectivity index (χ3n) is 3.88. The van der Waals surface area contributed by atoms with E-state index in [9.17, 15) is 4.39 Å². The van der Waals surface area contributed by atoms with Crippen LogP contribution >= 0.6 is 11.8 Å². The summed E-state index contributed by atoms with van der Waals surface area (Å²) in [6.45, 7) is 0. The summed E-state index contributed by atoms with van der Waals surface area (Å²) < 4.78 is 18.7. The SMILES string of the molecule is COC1CC(NC2CCSc3ccc(F)cc32)C1. The predicted octanol–water partition coefficient (Wildman–Crippen LogP) is 3.13. The van der Waals surface area contributed by atoms with Gasteiger partial charge in [-0.3, -0.25) is 0 Å². The molecular weight excluding hydrogens is 249 g/mol. The largest absolute Gasteiger partial charge is 0.381 e. The van der Waals surface area contributed by atoms with E-state index < -0.39 is 0 Å². The molecule has 1 aromatic carbocycles. The topological polar surface area (TPSA) is 21.3 Å². The molecule has 1 aliphatic heterocycles. The Balaban J connectivity index is 1.69. The van der Waals surface area contributed by atoms with Crippen LogP contribution in [0.5, 0.6) is 0 Å². The Hall–Kier alpha value is -0.580. The van der Waals surface area contributed by atoms with Gasteiger partial charge in [0.1, 0.15) is 5.82 Å². The minimum absolute atomic E-state index is 0.133. The van der Waals surface area contributed by atoms with Gasteiger partial charge in [0.15, 0.2) is 0 Å². The van der Waals surface area contributed by atoms with E-state index in [0.717, 1.165) is 30.6 Å². The molecule has 1 N–H and O–H groups in total. The van der Waals surface area contributed by atoms with Gasteiger partial charge in [-0.2, -0.15) is 0 Å². The highest BCUT2D eigenvalue weighted by Crippen LogP contribution is 2.38. The van der Waals surface area contributed by atoms with Crippen molar-refractivity contribution < 1.29 is 9.13 Å². The molecule has 0 amide bonds. The summed E-state index contributed by atoms with van der Waals surface area (Å²) in [4.78, 5) is 1.22. The van der Waals surface area contributed by atoms with Gasteiger partial charge in [-0.15, -0.1) is 11.8 Å². The zero-order valence-electron chi connectivity index (χ0n) is 10.5. The van der Waals surface area contributed by atoms with E-state index in [0.29, 0.717) is 18.2 Å². The van der Waals surface area contributed by atoms with Gasteiger partial charge in [0.25, 0.3) is 0 Å². The van der Waals surface area contributed by atoms with Crippen LogP contribution in [-0.4, -0.2) is 25.0 Å². The van der Waals surface area contributed by atoms with E-state index in [4.69, 9.17) is 4.74 Å². The first-order valence-corrected chi connectivity index (χ1v) is 7.46. The van der Waals surface area contributed by atoms with Crippen molar-refractivity contribution in [2.45, 2.75) is 42.3 Å². The second-order valence-corrected chi connectivity index (χ2v) is 6.20. The number of benzene rings is 1. The van der Waals surface area contributed by atoms with Crippen molar-refractivity contribution in [2.75, 3.05) is 12.9 Å². The van der Waals surface area contributed by atoms with Gasteiger partial charge in [0.2, 0.25) is 0 Å². The Labute approximate surface area is 111 Å². The average Bonchev–Trinajstić information content (AvgIpc) is 2.33. The number of halogens is 1. The van der Waals surface area contributed by atoms with Gasteiger partial charge in [0.05, 0.1) is 6.10 Å². The van der Waals surface area contributed by atoms with Crippen molar-refractivity contribution in [3.8, 4) is 0 Å². The highest BCUT2D eigenvalue weighted by Gasteiger charge is 2.32. The molecule has 1 aliphatic carbocycles. The maximum Gasteiger partial charge on any atom is 0.123 e. The second kappa shape index (κ2) is 5.19. The van der Waals surface area contributed by atoms with E-state index in [1.54, 1.807) is 19.2 Å². The molecule has 1 heterocycles. The summed E-state index contributed by atoms with van der Waals surface area (Å²) >= 11 is 1.83. The molecule has 0 aromatic heterocycles. The fraction of sp³-hybridized carbons (Fsp3) is 0.571. The number of thioether (sulfide) groups is 1. The summed E-state index contributed by atoms with van der Waals surface area (Å²) in [7, 11) is 1.77. The number of methoxy groups -OCH3 is 1. The zero-order valence-corrected chi connectivity index (χ0v) is 11.3. The van der Waals surface area contributed by atoms with Crippen molar-refractivity contribution in [3.05, 3.63) is 29.6 Å². The first-order chi connectivity index (χ1) is 8.76. The molecule has 1 unspecified atom stereocenters. The first-order valence-electron chi connectivity index (χ1n) is 6.47. The normalized spacial score (nSPS) is 30.7. The Morgan fingerprint density at radius 2 is 2.22 bits per heavy atom. The smallest absolute Gasteiger partial charge is 0.123 e.